The molecular formula is C13H15ClF3NO. The van der Waals surface area contributed by atoms with Crippen LogP contribution in [0.15, 0.2) is 24.3 Å². The molecule has 6 heteroatoms. The molecule has 0 saturated heterocycles. The van der Waals surface area contributed by atoms with Gasteiger partial charge in [-0.05, 0) is 17.7 Å². The standard InChI is InChI=1S/C13H15ClF3NO/c1-9(7-14)12(19)18(2)8-10-3-5-11(6-4-10)13(15,16)17/h3-6,9H,7-8H2,1-2H3. The van der Waals surface area contributed by atoms with Crippen molar-refractivity contribution in [2.45, 2.75) is 19.6 Å². The third-order valence-corrected chi connectivity index (χ3v) is 3.19. The molecule has 106 valence electrons. The Morgan fingerprint density at radius 3 is 2.26 bits per heavy atom. The summed E-state index contributed by atoms with van der Waals surface area (Å²) in [6, 6.07) is 4.77. The van der Waals surface area contributed by atoms with Crippen LogP contribution in [0.2, 0.25) is 0 Å². The lowest BCUT2D eigenvalue weighted by Crippen LogP contribution is -2.31. The molecule has 1 aromatic rings. The predicted octanol–water partition coefficient (Wildman–Crippen LogP) is 3.54. The van der Waals surface area contributed by atoms with E-state index in [2.05, 4.69) is 0 Å². The first-order chi connectivity index (χ1) is 8.75. The molecule has 0 aliphatic rings. The lowest BCUT2D eigenvalue weighted by atomic mass is 10.1. The molecule has 0 saturated carbocycles. The van der Waals surface area contributed by atoms with Crippen LogP contribution in [0, 0.1) is 5.92 Å². The van der Waals surface area contributed by atoms with Gasteiger partial charge in [0, 0.05) is 25.4 Å². The van der Waals surface area contributed by atoms with E-state index >= 15 is 0 Å². The fourth-order valence-corrected chi connectivity index (χ4v) is 1.73. The lowest BCUT2D eigenvalue weighted by Gasteiger charge is -2.20. The van der Waals surface area contributed by atoms with Crippen LogP contribution >= 0.6 is 11.6 Å². The molecule has 1 atom stereocenters. The van der Waals surface area contributed by atoms with Gasteiger partial charge in [-0.2, -0.15) is 13.2 Å². The number of carbonyl (C=O) groups excluding carboxylic acids is 1. The van der Waals surface area contributed by atoms with E-state index in [0.29, 0.717) is 5.56 Å². The number of hydrogen-bond acceptors (Lipinski definition) is 1. The van der Waals surface area contributed by atoms with Crippen molar-refractivity contribution < 1.29 is 18.0 Å². The normalized spacial score (nSPS) is 13.2. The molecule has 1 amide bonds. The van der Waals surface area contributed by atoms with E-state index in [0.717, 1.165) is 12.1 Å². The molecule has 0 aromatic heterocycles. The number of hydrogen-bond donors (Lipinski definition) is 0. The molecule has 0 heterocycles. The highest BCUT2D eigenvalue weighted by Gasteiger charge is 2.30. The van der Waals surface area contributed by atoms with Crippen LogP contribution in [0.1, 0.15) is 18.1 Å². The van der Waals surface area contributed by atoms with Gasteiger partial charge in [0.15, 0.2) is 0 Å². The molecule has 0 aliphatic carbocycles. The minimum atomic E-state index is -4.34. The first-order valence-corrected chi connectivity index (χ1v) is 6.26. The third kappa shape index (κ3) is 4.42. The maximum Gasteiger partial charge on any atom is 0.416 e. The Balaban J connectivity index is 2.71. The van der Waals surface area contributed by atoms with Crippen molar-refractivity contribution in [1.29, 1.82) is 0 Å². The van der Waals surface area contributed by atoms with E-state index in [4.69, 9.17) is 11.6 Å². The Morgan fingerprint density at radius 2 is 1.84 bits per heavy atom. The van der Waals surface area contributed by atoms with E-state index in [1.54, 1.807) is 14.0 Å². The summed E-state index contributed by atoms with van der Waals surface area (Å²) in [4.78, 5) is 13.2. The summed E-state index contributed by atoms with van der Waals surface area (Å²) < 4.78 is 37.1. The molecule has 0 bridgehead atoms. The molecule has 0 radical (unpaired) electrons. The SMILES string of the molecule is CC(CCl)C(=O)N(C)Cc1ccc(C(F)(F)F)cc1. The molecule has 0 N–H and O–H groups in total. The molecule has 0 fully saturated rings. The van der Waals surface area contributed by atoms with Crippen molar-refractivity contribution in [3.63, 3.8) is 0 Å². The Labute approximate surface area is 115 Å². The fourth-order valence-electron chi connectivity index (χ4n) is 1.59. The highest BCUT2D eigenvalue weighted by molar-refractivity contribution is 6.19. The van der Waals surface area contributed by atoms with Crippen molar-refractivity contribution in [2.75, 3.05) is 12.9 Å². The number of benzene rings is 1. The molecule has 1 rings (SSSR count). The molecule has 1 unspecified atom stereocenters. The van der Waals surface area contributed by atoms with Crippen molar-refractivity contribution in [2.24, 2.45) is 5.92 Å². The molecule has 0 aliphatic heterocycles. The van der Waals surface area contributed by atoms with E-state index in [1.807, 2.05) is 0 Å². The summed E-state index contributed by atoms with van der Waals surface area (Å²) in [5, 5.41) is 0. The zero-order valence-electron chi connectivity index (χ0n) is 10.7. The quantitative estimate of drug-likeness (QED) is 0.778. The molecular weight excluding hydrogens is 279 g/mol. The van der Waals surface area contributed by atoms with Crippen molar-refractivity contribution in [3.05, 3.63) is 35.4 Å². The maximum atomic E-state index is 12.4. The molecule has 19 heavy (non-hydrogen) atoms. The van der Waals surface area contributed by atoms with Crippen LogP contribution in [-0.2, 0) is 17.5 Å². The number of rotatable bonds is 4. The predicted molar refractivity (Wildman–Crippen MR) is 67.8 cm³/mol. The molecule has 1 aromatic carbocycles. The minimum absolute atomic E-state index is 0.130. The van der Waals surface area contributed by atoms with Crippen LogP contribution in [0.3, 0.4) is 0 Å². The van der Waals surface area contributed by atoms with Gasteiger partial charge in [0.05, 0.1) is 5.56 Å². The number of halogens is 4. The topological polar surface area (TPSA) is 20.3 Å². The third-order valence-electron chi connectivity index (χ3n) is 2.73. The number of alkyl halides is 4. The van der Waals surface area contributed by atoms with Crippen LogP contribution in [-0.4, -0.2) is 23.7 Å². The Hall–Kier alpha value is -1.23. The van der Waals surface area contributed by atoms with E-state index in [1.165, 1.54) is 17.0 Å². The van der Waals surface area contributed by atoms with Gasteiger partial charge >= 0.3 is 6.18 Å². The maximum absolute atomic E-state index is 12.4. The Bertz CT molecular complexity index is 431. The second-order valence-electron chi connectivity index (χ2n) is 4.44. The summed E-state index contributed by atoms with van der Waals surface area (Å²) in [7, 11) is 1.60. The van der Waals surface area contributed by atoms with Crippen molar-refractivity contribution in [1.82, 2.24) is 4.90 Å². The van der Waals surface area contributed by atoms with Gasteiger partial charge in [0.2, 0.25) is 5.91 Å². The van der Waals surface area contributed by atoms with Crippen molar-refractivity contribution >= 4 is 17.5 Å². The second-order valence-corrected chi connectivity index (χ2v) is 4.75. The van der Waals surface area contributed by atoms with Crippen LogP contribution < -0.4 is 0 Å². The van der Waals surface area contributed by atoms with Gasteiger partial charge < -0.3 is 4.90 Å². The monoisotopic (exact) mass is 293 g/mol. The average molecular weight is 294 g/mol. The zero-order chi connectivity index (χ0) is 14.6. The average Bonchev–Trinajstić information content (AvgIpc) is 2.36. The fraction of sp³-hybridized carbons (Fsp3) is 0.462. The van der Waals surface area contributed by atoms with Crippen LogP contribution in [0.25, 0.3) is 0 Å². The second kappa shape index (κ2) is 6.28. The van der Waals surface area contributed by atoms with Gasteiger partial charge in [-0.15, -0.1) is 11.6 Å². The van der Waals surface area contributed by atoms with E-state index in [9.17, 15) is 18.0 Å². The van der Waals surface area contributed by atoms with Crippen LogP contribution in [0.5, 0.6) is 0 Å². The van der Waals surface area contributed by atoms with Crippen molar-refractivity contribution in [3.8, 4) is 0 Å². The largest absolute Gasteiger partial charge is 0.416 e. The first kappa shape index (κ1) is 15.8. The van der Waals surface area contributed by atoms with Crippen LogP contribution in [0.4, 0.5) is 13.2 Å². The summed E-state index contributed by atoms with van der Waals surface area (Å²) >= 11 is 5.59. The number of carbonyl (C=O) groups is 1. The van der Waals surface area contributed by atoms with Gasteiger partial charge in [0.1, 0.15) is 0 Å². The van der Waals surface area contributed by atoms with Gasteiger partial charge in [-0.1, -0.05) is 19.1 Å². The summed E-state index contributed by atoms with van der Waals surface area (Å²) in [6.07, 6.45) is -4.34. The highest BCUT2D eigenvalue weighted by Crippen LogP contribution is 2.29. The summed E-state index contributed by atoms with van der Waals surface area (Å²) in [6.45, 7) is 1.97. The highest BCUT2D eigenvalue weighted by atomic mass is 35.5. The molecule has 0 spiro atoms. The number of nitrogens with zero attached hydrogens (tertiary/aromatic N) is 1. The van der Waals surface area contributed by atoms with Gasteiger partial charge in [-0.3, -0.25) is 4.79 Å². The van der Waals surface area contributed by atoms with E-state index < -0.39 is 11.7 Å². The van der Waals surface area contributed by atoms with E-state index in [-0.39, 0.29) is 24.2 Å². The Kier molecular flexibility index (Phi) is 5.23. The summed E-state index contributed by atoms with van der Waals surface area (Å²) in [5.74, 6) is -0.216. The first-order valence-electron chi connectivity index (χ1n) is 5.72. The minimum Gasteiger partial charge on any atom is -0.341 e. The number of amides is 1. The van der Waals surface area contributed by atoms with Gasteiger partial charge in [0.25, 0.3) is 0 Å². The zero-order valence-corrected chi connectivity index (χ0v) is 11.4. The smallest absolute Gasteiger partial charge is 0.341 e. The van der Waals surface area contributed by atoms with Gasteiger partial charge in [-0.25, -0.2) is 0 Å². The lowest BCUT2D eigenvalue weighted by molar-refractivity contribution is -0.137. The molecule has 2 nitrogen and oxygen atoms in total. The summed E-state index contributed by atoms with van der Waals surface area (Å²) in [5.41, 5.74) is -0.0509. The Morgan fingerprint density at radius 1 is 1.32 bits per heavy atom.